The number of hydrogen-bond acceptors (Lipinski definition) is 6. The highest BCUT2D eigenvalue weighted by molar-refractivity contribution is 6.06. The average Bonchev–Trinajstić information content (AvgIpc) is 2.61. The van der Waals surface area contributed by atoms with Crippen molar-refractivity contribution in [2.75, 3.05) is 13.1 Å². The van der Waals surface area contributed by atoms with Crippen LogP contribution in [0, 0.1) is 0 Å². The number of urea groups is 1. The van der Waals surface area contributed by atoms with Crippen LogP contribution in [0.4, 0.5) is 4.79 Å². The highest BCUT2D eigenvalue weighted by Crippen LogP contribution is 2.27. The molecule has 1 aliphatic heterocycles. The van der Waals surface area contributed by atoms with Gasteiger partial charge < -0.3 is 4.90 Å². The minimum atomic E-state index is -1.08. The van der Waals surface area contributed by atoms with Gasteiger partial charge in [0.15, 0.2) is 0 Å². The van der Waals surface area contributed by atoms with Crippen molar-refractivity contribution in [3.8, 4) is 0 Å². The maximum Gasteiger partial charge on any atom is 0.327 e. The number of nitrogens with zero attached hydrogens (tertiary/aromatic N) is 2. The predicted molar refractivity (Wildman–Crippen MR) is 71.8 cm³/mol. The normalized spacial score (nSPS) is 17.1. The Labute approximate surface area is 121 Å². The Morgan fingerprint density at radius 1 is 1.05 bits per heavy atom. The zero-order valence-electron chi connectivity index (χ0n) is 12.0. The molecule has 0 aromatic heterocycles. The largest absolute Gasteiger partial charge is 0.327 e. The van der Waals surface area contributed by atoms with E-state index < -0.39 is 29.3 Å². The van der Waals surface area contributed by atoms with Gasteiger partial charge in [-0.3, -0.25) is 30.1 Å². The van der Waals surface area contributed by atoms with Gasteiger partial charge in [0, 0.05) is 25.9 Å². The summed E-state index contributed by atoms with van der Waals surface area (Å²) in [5.41, 5.74) is 2.81. The van der Waals surface area contributed by atoms with Crippen molar-refractivity contribution in [3.05, 3.63) is 0 Å². The molecule has 0 aromatic rings. The number of hydrazine groups is 2. The van der Waals surface area contributed by atoms with Crippen molar-refractivity contribution in [1.82, 2.24) is 20.7 Å². The molecule has 118 valence electrons. The van der Waals surface area contributed by atoms with Crippen LogP contribution < -0.4 is 22.5 Å². The molecular formula is C11H20N6O4. The first kappa shape index (κ1) is 16.9. The van der Waals surface area contributed by atoms with Crippen molar-refractivity contribution in [2.24, 2.45) is 11.7 Å². The quantitative estimate of drug-likeness (QED) is 0.189. The number of rotatable bonds is 6. The number of carbonyl (C=O) groups excluding carboxylic acids is 4. The van der Waals surface area contributed by atoms with E-state index in [9.17, 15) is 19.2 Å². The fraction of sp³-hybridized carbons (Fsp3) is 0.636. The summed E-state index contributed by atoms with van der Waals surface area (Å²) in [7, 11) is 0. The first-order valence-electron chi connectivity index (χ1n) is 6.38. The van der Waals surface area contributed by atoms with Crippen LogP contribution in [0.25, 0.3) is 0 Å². The molecule has 10 heteroatoms. The maximum absolute atomic E-state index is 12.2. The summed E-state index contributed by atoms with van der Waals surface area (Å²) in [5.74, 6) is 8.58. The van der Waals surface area contributed by atoms with Crippen LogP contribution >= 0.6 is 0 Å². The Hall–Kier alpha value is -2.20. The van der Waals surface area contributed by atoms with E-state index in [4.69, 9.17) is 11.7 Å². The minimum absolute atomic E-state index is 0.0178. The first-order chi connectivity index (χ1) is 9.75. The smallest absolute Gasteiger partial charge is 0.310 e. The monoisotopic (exact) mass is 300 g/mol. The molecule has 10 nitrogen and oxygen atoms in total. The second kappa shape index (κ2) is 6.50. The number of carbonyl (C=O) groups is 4. The molecule has 0 spiro atoms. The molecule has 0 unspecified atom stereocenters. The van der Waals surface area contributed by atoms with Crippen LogP contribution in [0.1, 0.15) is 26.7 Å². The van der Waals surface area contributed by atoms with Gasteiger partial charge in [0.05, 0.1) is 0 Å². The SMILES string of the molecule is CC1(C)C(=O)N(CCC(=O)NN)C(=O)N1CCC(=O)NN. The molecule has 0 aromatic carbocycles. The molecule has 0 atom stereocenters. The van der Waals surface area contributed by atoms with Crippen LogP contribution in [-0.4, -0.2) is 52.2 Å². The molecule has 1 fully saturated rings. The predicted octanol–water partition coefficient (Wildman–Crippen LogP) is -2.21. The van der Waals surface area contributed by atoms with Crippen LogP contribution in [0.15, 0.2) is 0 Å². The second-order valence-corrected chi connectivity index (χ2v) is 5.09. The molecule has 0 radical (unpaired) electrons. The summed E-state index contributed by atoms with van der Waals surface area (Å²) in [4.78, 5) is 49.0. The van der Waals surface area contributed by atoms with Crippen molar-refractivity contribution < 1.29 is 19.2 Å². The zero-order chi connectivity index (χ0) is 16.2. The Bertz CT molecular complexity index is 464. The lowest BCUT2D eigenvalue weighted by Crippen LogP contribution is -2.46. The van der Waals surface area contributed by atoms with E-state index in [0.29, 0.717) is 0 Å². The van der Waals surface area contributed by atoms with Gasteiger partial charge in [-0.05, 0) is 13.8 Å². The molecule has 1 rings (SSSR count). The van der Waals surface area contributed by atoms with E-state index in [1.54, 1.807) is 13.8 Å². The Morgan fingerprint density at radius 3 is 2.00 bits per heavy atom. The molecule has 6 N–H and O–H groups in total. The maximum atomic E-state index is 12.2. The Kier molecular flexibility index (Phi) is 5.22. The van der Waals surface area contributed by atoms with Crippen molar-refractivity contribution >= 4 is 23.8 Å². The molecular weight excluding hydrogens is 280 g/mol. The van der Waals surface area contributed by atoms with Gasteiger partial charge in [-0.1, -0.05) is 0 Å². The fourth-order valence-corrected chi connectivity index (χ4v) is 2.06. The van der Waals surface area contributed by atoms with Crippen LogP contribution in [0.3, 0.4) is 0 Å². The molecule has 0 aliphatic carbocycles. The van der Waals surface area contributed by atoms with Gasteiger partial charge in [0.25, 0.3) is 5.91 Å². The fourth-order valence-electron chi connectivity index (χ4n) is 2.06. The van der Waals surface area contributed by atoms with E-state index >= 15 is 0 Å². The van der Waals surface area contributed by atoms with Gasteiger partial charge in [-0.25, -0.2) is 16.5 Å². The molecule has 0 bridgehead atoms. The number of imide groups is 1. The zero-order valence-corrected chi connectivity index (χ0v) is 12.0. The van der Waals surface area contributed by atoms with Gasteiger partial charge in [0.1, 0.15) is 5.54 Å². The summed E-state index contributed by atoms with van der Waals surface area (Å²) in [6.07, 6.45) is -0.0999. The molecule has 1 aliphatic rings. The van der Waals surface area contributed by atoms with E-state index in [-0.39, 0.29) is 25.9 Å². The molecule has 1 saturated heterocycles. The third kappa shape index (κ3) is 3.47. The van der Waals surface area contributed by atoms with E-state index in [1.165, 1.54) is 4.90 Å². The summed E-state index contributed by atoms with van der Waals surface area (Å²) >= 11 is 0. The standard InChI is InChI=1S/C11H20N6O4/c1-11(2)9(20)16(5-3-7(18)14-12)10(21)17(11)6-4-8(19)15-13/h3-6,12-13H2,1-2H3,(H,14,18)(H,15,19). The van der Waals surface area contributed by atoms with E-state index in [0.717, 1.165) is 4.90 Å². The van der Waals surface area contributed by atoms with Gasteiger partial charge >= 0.3 is 6.03 Å². The highest BCUT2D eigenvalue weighted by atomic mass is 16.2. The van der Waals surface area contributed by atoms with Gasteiger partial charge in [-0.2, -0.15) is 0 Å². The summed E-state index contributed by atoms with van der Waals surface area (Å²) in [6.45, 7) is 3.15. The third-order valence-electron chi connectivity index (χ3n) is 3.35. The first-order valence-corrected chi connectivity index (χ1v) is 6.38. The van der Waals surface area contributed by atoms with E-state index in [2.05, 4.69) is 0 Å². The van der Waals surface area contributed by atoms with Crippen molar-refractivity contribution in [3.63, 3.8) is 0 Å². The Balaban J connectivity index is 2.77. The lowest BCUT2D eigenvalue weighted by atomic mass is 10.0. The Morgan fingerprint density at radius 2 is 1.52 bits per heavy atom. The van der Waals surface area contributed by atoms with E-state index in [1.807, 2.05) is 10.9 Å². The number of amides is 5. The van der Waals surface area contributed by atoms with Crippen LogP contribution in [0.2, 0.25) is 0 Å². The molecule has 0 saturated carbocycles. The minimum Gasteiger partial charge on any atom is -0.310 e. The third-order valence-corrected chi connectivity index (χ3v) is 3.35. The highest BCUT2D eigenvalue weighted by Gasteiger charge is 2.50. The summed E-state index contributed by atoms with van der Waals surface area (Å²) in [5, 5.41) is 0. The molecule has 21 heavy (non-hydrogen) atoms. The number of nitrogens with two attached hydrogens (primary N) is 2. The number of nitrogens with one attached hydrogen (secondary N) is 2. The molecule has 5 amide bonds. The second-order valence-electron chi connectivity index (χ2n) is 5.09. The summed E-state index contributed by atoms with van der Waals surface area (Å²) in [6, 6.07) is -0.542. The van der Waals surface area contributed by atoms with Gasteiger partial charge in [0.2, 0.25) is 11.8 Å². The van der Waals surface area contributed by atoms with Crippen LogP contribution in [0.5, 0.6) is 0 Å². The topological polar surface area (TPSA) is 151 Å². The van der Waals surface area contributed by atoms with Crippen molar-refractivity contribution in [1.29, 1.82) is 0 Å². The lowest BCUT2D eigenvalue weighted by molar-refractivity contribution is -0.132. The average molecular weight is 300 g/mol. The molecule has 1 heterocycles. The van der Waals surface area contributed by atoms with Crippen molar-refractivity contribution in [2.45, 2.75) is 32.2 Å². The number of hydrogen-bond donors (Lipinski definition) is 4. The van der Waals surface area contributed by atoms with Gasteiger partial charge in [-0.15, -0.1) is 0 Å². The lowest BCUT2D eigenvalue weighted by Gasteiger charge is -2.27. The van der Waals surface area contributed by atoms with Crippen LogP contribution in [-0.2, 0) is 14.4 Å². The summed E-state index contributed by atoms with van der Waals surface area (Å²) < 4.78 is 0.